The number of carbonyl (C=O) groups is 1. The molecule has 3 rings (SSSR count). The Kier molecular flexibility index (Phi) is 6.18. The number of hydrogen-bond acceptors (Lipinski definition) is 4. The van der Waals surface area contributed by atoms with Crippen molar-refractivity contribution in [1.29, 1.82) is 0 Å². The second-order valence-corrected chi connectivity index (χ2v) is 5.29. The Hall–Kier alpha value is -2.33. The molecule has 0 radical (unpaired) electrons. The summed E-state index contributed by atoms with van der Waals surface area (Å²) < 4.78 is 10.2. The molecule has 0 saturated carbocycles. The van der Waals surface area contributed by atoms with Crippen molar-refractivity contribution in [3.8, 4) is 0 Å². The van der Waals surface area contributed by atoms with E-state index in [1.807, 2.05) is 55.5 Å². The van der Waals surface area contributed by atoms with E-state index in [0.717, 1.165) is 16.1 Å². The summed E-state index contributed by atoms with van der Waals surface area (Å²) in [6.45, 7) is 4.01. The number of halogens is 1. The van der Waals surface area contributed by atoms with E-state index in [9.17, 15) is 4.79 Å². The van der Waals surface area contributed by atoms with E-state index < -0.39 is 0 Å². The van der Waals surface area contributed by atoms with Gasteiger partial charge in [0.05, 0.1) is 12.5 Å². The summed E-state index contributed by atoms with van der Waals surface area (Å²) in [7, 11) is 0. The average molecular weight is 332 g/mol. The maximum absolute atomic E-state index is 11.5. The van der Waals surface area contributed by atoms with Crippen LogP contribution < -0.4 is 0 Å². The molecular formula is C18H18ClNO3. The molecule has 1 unspecified atom stereocenters. The summed E-state index contributed by atoms with van der Waals surface area (Å²) in [6.07, 6.45) is 1.39. The molecule has 1 atom stereocenters. The lowest BCUT2D eigenvalue weighted by Crippen LogP contribution is -2.12. The number of hydrogen-bond donors (Lipinski definition) is 0. The van der Waals surface area contributed by atoms with E-state index in [4.69, 9.17) is 20.8 Å². The number of benzene rings is 2. The maximum atomic E-state index is 11.5. The highest BCUT2D eigenvalue weighted by Gasteiger charge is 2.17. The summed E-state index contributed by atoms with van der Waals surface area (Å²) in [5.74, 6) is -0.504. The maximum Gasteiger partial charge on any atom is 0.313 e. The van der Waals surface area contributed by atoms with Gasteiger partial charge in [-0.2, -0.15) is 0 Å². The van der Waals surface area contributed by atoms with Gasteiger partial charge in [0.15, 0.2) is 12.0 Å². The molecule has 2 aromatic carbocycles. The molecule has 3 aromatic rings. The molecule has 0 spiro atoms. The topological polar surface area (TPSA) is 52.3 Å². The van der Waals surface area contributed by atoms with Gasteiger partial charge in [0.2, 0.25) is 0 Å². The number of aromatic nitrogens is 1. The molecule has 0 aliphatic heterocycles. The van der Waals surface area contributed by atoms with Crippen LogP contribution >= 0.6 is 11.6 Å². The van der Waals surface area contributed by atoms with Gasteiger partial charge in [0, 0.05) is 5.02 Å². The highest BCUT2D eigenvalue weighted by Crippen LogP contribution is 2.21. The molecule has 0 fully saturated rings. The van der Waals surface area contributed by atoms with Crippen molar-refractivity contribution < 1.29 is 13.9 Å². The minimum absolute atomic E-state index is 0.221. The number of esters is 1. The summed E-state index contributed by atoms with van der Waals surface area (Å²) in [5.41, 5.74) is 2.36. The van der Waals surface area contributed by atoms with Gasteiger partial charge in [0.1, 0.15) is 5.52 Å². The van der Waals surface area contributed by atoms with Crippen LogP contribution in [0.1, 0.15) is 25.3 Å². The second kappa shape index (κ2) is 8.34. The molecule has 5 heteroatoms. The van der Waals surface area contributed by atoms with Gasteiger partial charge in [-0.3, -0.25) is 4.79 Å². The van der Waals surface area contributed by atoms with Crippen LogP contribution in [0.25, 0.3) is 11.1 Å². The highest BCUT2D eigenvalue weighted by molar-refractivity contribution is 6.30. The Morgan fingerprint density at radius 1 is 1.26 bits per heavy atom. The monoisotopic (exact) mass is 331 g/mol. The highest BCUT2D eigenvalue weighted by atomic mass is 35.5. The van der Waals surface area contributed by atoms with Gasteiger partial charge in [-0.05, 0) is 43.7 Å². The predicted molar refractivity (Wildman–Crippen MR) is 90.5 cm³/mol. The zero-order chi connectivity index (χ0) is 16.7. The van der Waals surface area contributed by atoms with E-state index >= 15 is 0 Å². The Morgan fingerprint density at radius 2 is 2.00 bits per heavy atom. The fourth-order valence-electron chi connectivity index (χ4n) is 1.96. The van der Waals surface area contributed by atoms with Crippen LogP contribution in [0, 0.1) is 0 Å². The quantitative estimate of drug-likeness (QED) is 0.645. The fourth-order valence-corrected chi connectivity index (χ4v) is 2.10. The third-order valence-corrected chi connectivity index (χ3v) is 3.48. The Labute approximate surface area is 140 Å². The van der Waals surface area contributed by atoms with Crippen LogP contribution in [0.4, 0.5) is 0 Å². The first-order chi connectivity index (χ1) is 11.1. The molecule has 0 saturated heterocycles. The average Bonchev–Trinajstić information content (AvgIpc) is 3.03. The third kappa shape index (κ3) is 4.83. The Bertz CT molecular complexity index is 755. The zero-order valence-electron chi connectivity index (χ0n) is 13.0. The fraction of sp³-hybridized carbons (Fsp3) is 0.222. The lowest BCUT2D eigenvalue weighted by atomic mass is 10.0. The summed E-state index contributed by atoms with van der Waals surface area (Å²) in [5, 5.41) is 0.794. The smallest absolute Gasteiger partial charge is 0.313 e. The lowest BCUT2D eigenvalue weighted by molar-refractivity contribution is -0.144. The van der Waals surface area contributed by atoms with Crippen LogP contribution in [0.2, 0.25) is 5.02 Å². The molecule has 1 aromatic heterocycles. The summed E-state index contributed by atoms with van der Waals surface area (Å²) in [4.78, 5) is 15.6. The molecule has 0 amide bonds. The van der Waals surface area contributed by atoms with E-state index in [1.54, 1.807) is 6.92 Å². The van der Waals surface area contributed by atoms with Crippen LogP contribution in [0.15, 0.2) is 59.3 Å². The van der Waals surface area contributed by atoms with Crippen LogP contribution in [-0.4, -0.2) is 17.6 Å². The van der Waals surface area contributed by atoms with Crippen molar-refractivity contribution in [1.82, 2.24) is 4.98 Å². The number of oxazole rings is 1. The van der Waals surface area contributed by atoms with Crippen molar-refractivity contribution in [2.24, 2.45) is 0 Å². The van der Waals surface area contributed by atoms with Gasteiger partial charge >= 0.3 is 5.97 Å². The van der Waals surface area contributed by atoms with Gasteiger partial charge in [0.25, 0.3) is 0 Å². The summed E-state index contributed by atoms with van der Waals surface area (Å²) in [6, 6.07) is 15.0. The normalized spacial score (nSPS) is 11.4. The van der Waals surface area contributed by atoms with Gasteiger partial charge < -0.3 is 9.15 Å². The number of ether oxygens (including phenoxy) is 1. The molecule has 23 heavy (non-hydrogen) atoms. The largest absolute Gasteiger partial charge is 0.466 e. The van der Waals surface area contributed by atoms with Gasteiger partial charge in [-0.1, -0.05) is 35.9 Å². The van der Waals surface area contributed by atoms with Crippen LogP contribution in [-0.2, 0) is 9.53 Å². The minimum atomic E-state index is -0.283. The minimum Gasteiger partial charge on any atom is -0.466 e. The van der Waals surface area contributed by atoms with E-state index in [-0.39, 0.29) is 11.9 Å². The van der Waals surface area contributed by atoms with Crippen molar-refractivity contribution >= 4 is 28.7 Å². The molecule has 0 N–H and O–H groups in total. The van der Waals surface area contributed by atoms with Gasteiger partial charge in [-0.15, -0.1) is 0 Å². The van der Waals surface area contributed by atoms with Crippen LogP contribution in [0.5, 0.6) is 0 Å². The lowest BCUT2D eigenvalue weighted by Gasteiger charge is -2.10. The Morgan fingerprint density at radius 3 is 2.61 bits per heavy atom. The molecule has 120 valence electrons. The number of nitrogens with zero attached hydrogens (tertiary/aromatic N) is 1. The second-order valence-electron chi connectivity index (χ2n) is 4.85. The van der Waals surface area contributed by atoms with Gasteiger partial charge in [-0.25, -0.2) is 4.98 Å². The van der Waals surface area contributed by atoms with Crippen molar-refractivity contribution in [2.45, 2.75) is 19.8 Å². The molecule has 0 aliphatic carbocycles. The first-order valence-electron chi connectivity index (χ1n) is 7.32. The zero-order valence-corrected chi connectivity index (χ0v) is 13.8. The molecular weight excluding hydrogens is 314 g/mol. The standard InChI is InChI=1S/C12H13NO3.C6H5Cl/c1-3-15-12(14)8(2)9-4-5-10-11(6-9)16-7-13-10;7-6-4-2-1-3-5-6/h4-8H,3H2,1-2H3;1-5H. The predicted octanol–water partition coefficient (Wildman–Crippen LogP) is 4.83. The molecule has 0 aliphatic rings. The first kappa shape index (κ1) is 17.0. The SMILES string of the molecule is CCOC(=O)C(C)c1ccc2ncoc2c1.Clc1ccccc1. The first-order valence-corrected chi connectivity index (χ1v) is 7.70. The number of carbonyl (C=O) groups excluding carboxylic acids is 1. The molecule has 0 bridgehead atoms. The summed E-state index contributed by atoms with van der Waals surface area (Å²) >= 11 is 5.54. The van der Waals surface area contributed by atoms with E-state index in [1.165, 1.54) is 6.39 Å². The Balaban J connectivity index is 0.000000229. The van der Waals surface area contributed by atoms with Crippen molar-refractivity contribution in [3.05, 3.63) is 65.5 Å². The van der Waals surface area contributed by atoms with Crippen LogP contribution in [0.3, 0.4) is 0 Å². The molecule has 4 nitrogen and oxygen atoms in total. The number of fused-ring (bicyclic) bond motifs is 1. The number of rotatable bonds is 3. The van der Waals surface area contributed by atoms with Crippen molar-refractivity contribution in [3.63, 3.8) is 0 Å². The van der Waals surface area contributed by atoms with E-state index in [2.05, 4.69) is 4.98 Å². The third-order valence-electron chi connectivity index (χ3n) is 3.23. The van der Waals surface area contributed by atoms with Crippen molar-refractivity contribution in [2.75, 3.05) is 6.61 Å². The van der Waals surface area contributed by atoms with E-state index in [0.29, 0.717) is 12.2 Å². The molecule has 1 heterocycles.